The first-order valence-corrected chi connectivity index (χ1v) is 8.11. The van der Waals surface area contributed by atoms with Crippen LogP contribution in [-0.2, 0) is 4.79 Å². The molecule has 6 heteroatoms. The first-order chi connectivity index (χ1) is 10.1. The smallest absolute Gasteiger partial charge is 0.317 e. The molecule has 2 N–H and O–H groups in total. The summed E-state index contributed by atoms with van der Waals surface area (Å²) < 4.78 is 0. The fraction of sp³-hybridized carbons (Fsp3) is 0.467. The fourth-order valence-electron chi connectivity index (χ4n) is 2.36. The summed E-state index contributed by atoms with van der Waals surface area (Å²) in [6.45, 7) is 0. The number of rotatable bonds is 5. The lowest BCUT2D eigenvalue weighted by Gasteiger charge is -2.27. The molecule has 1 aromatic carbocycles. The van der Waals surface area contributed by atoms with E-state index in [0.717, 1.165) is 23.5 Å². The maximum Gasteiger partial charge on any atom is 0.317 e. The highest BCUT2D eigenvalue weighted by atomic mass is 32.2. The van der Waals surface area contributed by atoms with E-state index in [0.29, 0.717) is 0 Å². The summed E-state index contributed by atoms with van der Waals surface area (Å²) in [6, 6.07) is 8.73. The molecule has 0 saturated carbocycles. The van der Waals surface area contributed by atoms with Crippen molar-refractivity contribution in [1.29, 1.82) is 0 Å². The van der Waals surface area contributed by atoms with Gasteiger partial charge < -0.3 is 15.3 Å². The van der Waals surface area contributed by atoms with Crippen molar-refractivity contribution in [3.63, 3.8) is 0 Å². The molecule has 114 valence electrons. The predicted molar refractivity (Wildman–Crippen MR) is 83.5 cm³/mol. The molecule has 1 heterocycles. The summed E-state index contributed by atoms with van der Waals surface area (Å²) in [5.74, 6) is 1.08. The molecule has 0 bridgehead atoms. The van der Waals surface area contributed by atoms with Crippen LogP contribution < -0.4 is 5.32 Å². The topological polar surface area (TPSA) is 69.6 Å². The van der Waals surface area contributed by atoms with Gasteiger partial charge in [0.1, 0.15) is 0 Å². The van der Waals surface area contributed by atoms with E-state index in [2.05, 4.69) is 5.32 Å². The minimum atomic E-state index is -0.928. The van der Waals surface area contributed by atoms with Gasteiger partial charge in [-0.25, -0.2) is 4.79 Å². The summed E-state index contributed by atoms with van der Waals surface area (Å²) in [5.41, 5.74) is 0.808. The van der Waals surface area contributed by atoms with E-state index in [1.807, 2.05) is 42.1 Å². The zero-order valence-electron chi connectivity index (χ0n) is 12.0. The highest BCUT2D eigenvalue weighted by Crippen LogP contribution is 2.22. The van der Waals surface area contributed by atoms with E-state index in [-0.39, 0.29) is 18.5 Å². The largest absolute Gasteiger partial charge is 0.481 e. The molecule has 1 aliphatic rings. The Morgan fingerprint density at radius 2 is 2.14 bits per heavy atom. The second-order valence-electron chi connectivity index (χ2n) is 5.14. The highest BCUT2D eigenvalue weighted by molar-refractivity contribution is 7.99. The Morgan fingerprint density at radius 1 is 1.43 bits per heavy atom. The molecule has 1 aromatic rings. The van der Waals surface area contributed by atoms with Gasteiger partial charge in [0.25, 0.3) is 0 Å². The molecule has 1 fully saturated rings. The quantitative estimate of drug-likeness (QED) is 0.876. The summed E-state index contributed by atoms with van der Waals surface area (Å²) in [7, 11) is 1.77. The Morgan fingerprint density at radius 3 is 2.71 bits per heavy atom. The Labute approximate surface area is 128 Å². The molecule has 0 aromatic heterocycles. The van der Waals surface area contributed by atoms with Gasteiger partial charge in [0, 0.05) is 18.8 Å². The molecule has 1 saturated heterocycles. The molecule has 2 atom stereocenters. The molecular weight excluding hydrogens is 288 g/mol. The molecule has 1 aliphatic heterocycles. The zero-order chi connectivity index (χ0) is 15.2. The molecule has 2 amide bonds. The lowest BCUT2D eigenvalue weighted by molar-refractivity contribution is -0.137. The Bertz CT molecular complexity index is 489. The third-order valence-corrected chi connectivity index (χ3v) is 4.80. The minimum absolute atomic E-state index is 0.122. The van der Waals surface area contributed by atoms with Crippen molar-refractivity contribution in [2.24, 2.45) is 0 Å². The molecule has 0 radical (unpaired) electrons. The number of carboxylic acids is 1. The number of thioether (sulfide) groups is 1. The second kappa shape index (κ2) is 7.36. The summed E-state index contributed by atoms with van der Waals surface area (Å²) in [4.78, 5) is 25.0. The lowest BCUT2D eigenvalue weighted by atomic mass is 10.0. The Balaban J connectivity index is 2.04. The van der Waals surface area contributed by atoms with Crippen molar-refractivity contribution in [3.05, 3.63) is 35.9 Å². The third kappa shape index (κ3) is 4.39. The third-order valence-electron chi connectivity index (χ3n) is 3.65. The second-order valence-corrected chi connectivity index (χ2v) is 6.29. The van der Waals surface area contributed by atoms with Gasteiger partial charge >= 0.3 is 12.0 Å². The summed E-state index contributed by atoms with van der Waals surface area (Å²) in [6.07, 6.45) is 0.868. The van der Waals surface area contributed by atoms with Crippen molar-refractivity contribution in [2.45, 2.75) is 24.9 Å². The minimum Gasteiger partial charge on any atom is -0.481 e. The Kier molecular flexibility index (Phi) is 5.50. The normalized spacial score (nSPS) is 19.0. The fourth-order valence-corrected chi connectivity index (χ4v) is 3.62. The molecule has 0 aliphatic carbocycles. The number of amides is 2. The van der Waals surface area contributed by atoms with Gasteiger partial charge in [0.05, 0.1) is 12.5 Å². The number of benzene rings is 1. The van der Waals surface area contributed by atoms with Gasteiger partial charge in [-0.05, 0) is 17.7 Å². The number of hydrogen-bond donors (Lipinski definition) is 2. The number of nitrogens with zero attached hydrogens (tertiary/aromatic N) is 1. The van der Waals surface area contributed by atoms with Crippen LogP contribution in [0.25, 0.3) is 0 Å². The van der Waals surface area contributed by atoms with Crippen LogP contribution in [0.4, 0.5) is 4.79 Å². The van der Waals surface area contributed by atoms with Gasteiger partial charge in [-0.15, -0.1) is 0 Å². The van der Waals surface area contributed by atoms with Crippen LogP contribution in [0.5, 0.6) is 0 Å². The molecule has 2 unspecified atom stereocenters. The first-order valence-electron chi connectivity index (χ1n) is 6.95. The van der Waals surface area contributed by atoms with Crippen molar-refractivity contribution in [1.82, 2.24) is 10.2 Å². The van der Waals surface area contributed by atoms with Crippen LogP contribution in [0, 0.1) is 0 Å². The number of hydrogen-bond acceptors (Lipinski definition) is 3. The van der Waals surface area contributed by atoms with Gasteiger partial charge in [-0.2, -0.15) is 11.8 Å². The average Bonchev–Trinajstić information content (AvgIpc) is 3.00. The van der Waals surface area contributed by atoms with Crippen LogP contribution in [0.15, 0.2) is 30.3 Å². The molecule has 2 rings (SSSR count). The number of carbonyl (C=O) groups excluding carboxylic acids is 1. The van der Waals surface area contributed by atoms with Crippen molar-refractivity contribution in [2.75, 3.05) is 18.6 Å². The van der Waals surface area contributed by atoms with Crippen LogP contribution in [0.2, 0.25) is 0 Å². The van der Waals surface area contributed by atoms with Crippen LogP contribution >= 0.6 is 11.8 Å². The summed E-state index contributed by atoms with van der Waals surface area (Å²) in [5, 5.41) is 11.9. The molecular formula is C15H20N2O3S. The monoisotopic (exact) mass is 308 g/mol. The van der Waals surface area contributed by atoms with Crippen LogP contribution in [-0.4, -0.2) is 46.6 Å². The first kappa shape index (κ1) is 15.7. The standard InChI is InChI=1S/C15H20N2O3S/c1-17(12-7-8-21-10-12)15(20)16-13(9-14(18)19)11-5-3-2-4-6-11/h2-6,12-13H,7-10H2,1H3,(H,16,20)(H,18,19). The van der Waals surface area contributed by atoms with E-state index < -0.39 is 12.0 Å². The van der Waals surface area contributed by atoms with Crippen molar-refractivity contribution in [3.8, 4) is 0 Å². The van der Waals surface area contributed by atoms with Crippen molar-refractivity contribution >= 4 is 23.8 Å². The van der Waals surface area contributed by atoms with E-state index in [4.69, 9.17) is 5.11 Å². The van der Waals surface area contributed by atoms with Crippen LogP contribution in [0.1, 0.15) is 24.4 Å². The SMILES string of the molecule is CN(C(=O)NC(CC(=O)O)c1ccccc1)C1CCSC1. The van der Waals surface area contributed by atoms with Gasteiger partial charge in [0.2, 0.25) is 0 Å². The number of aliphatic carboxylic acids is 1. The molecule has 0 spiro atoms. The number of carboxylic acid groups (broad SMARTS) is 1. The number of nitrogens with one attached hydrogen (secondary N) is 1. The average molecular weight is 308 g/mol. The Hall–Kier alpha value is -1.69. The zero-order valence-corrected chi connectivity index (χ0v) is 12.8. The molecule has 21 heavy (non-hydrogen) atoms. The van der Waals surface area contributed by atoms with Gasteiger partial charge in [-0.3, -0.25) is 4.79 Å². The predicted octanol–water partition coefficient (Wildman–Crippen LogP) is 2.35. The van der Waals surface area contributed by atoms with E-state index >= 15 is 0 Å². The molecule has 5 nitrogen and oxygen atoms in total. The number of carbonyl (C=O) groups is 2. The van der Waals surface area contributed by atoms with E-state index in [1.54, 1.807) is 11.9 Å². The maximum absolute atomic E-state index is 12.3. The highest BCUT2D eigenvalue weighted by Gasteiger charge is 2.26. The van der Waals surface area contributed by atoms with Gasteiger partial charge in [-0.1, -0.05) is 30.3 Å². The summed E-state index contributed by atoms with van der Waals surface area (Å²) >= 11 is 1.84. The van der Waals surface area contributed by atoms with E-state index in [9.17, 15) is 9.59 Å². The number of urea groups is 1. The van der Waals surface area contributed by atoms with Crippen LogP contribution in [0.3, 0.4) is 0 Å². The van der Waals surface area contributed by atoms with Crippen molar-refractivity contribution < 1.29 is 14.7 Å². The lowest BCUT2D eigenvalue weighted by Crippen LogP contribution is -2.45. The maximum atomic E-state index is 12.3. The van der Waals surface area contributed by atoms with E-state index in [1.165, 1.54) is 0 Å². The van der Waals surface area contributed by atoms with Gasteiger partial charge in [0.15, 0.2) is 0 Å².